The molecule has 0 N–H and O–H groups in total. The molecular weight excluding hydrogens is 300 g/mol. The normalized spacial score (nSPS) is 14.6. The summed E-state index contributed by atoms with van der Waals surface area (Å²) in [6.45, 7) is 1.61. The van der Waals surface area contributed by atoms with Crippen molar-refractivity contribution in [2.24, 2.45) is 0 Å². The number of benzene rings is 1. The topological polar surface area (TPSA) is 84.0 Å². The summed E-state index contributed by atoms with van der Waals surface area (Å²) >= 11 is 0. The lowest BCUT2D eigenvalue weighted by Gasteiger charge is -2.15. The SMILES string of the molecule is CCCCN1C(=O)C(=O)N(CC(=O)c2ccccc2OC)C1=O. The Hall–Kier alpha value is -2.70. The first-order valence-electron chi connectivity index (χ1n) is 7.34. The van der Waals surface area contributed by atoms with Gasteiger partial charge in [0.25, 0.3) is 0 Å². The predicted molar refractivity (Wildman–Crippen MR) is 81.1 cm³/mol. The number of hydrogen-bond acceptors (Lipinski definition) is 5. The zero-order valence-electron chi connectivity index (χ0n) is 13.1. The van der Waals surface area contributed by atoms with Gasteiger partial charge in [0, 0.05) is 6.54 Å². The first kappa shape index (κ1) is 16.7. The lowest BCUT2D eigenvalue weighted by molar-refractivity contribution is -0.143. The number of nitrogens with zero attached hydrogens (tertiary/aromatic N) is 2. The maximum Gasteiger partial charge on any atom is 0.334 e. The van der Waals surface area contributed by atoms with Crippen molar-refractivity contribution in [3.05, 3.63) is 29.8 Å². The number of ether oxygens (including phenoxy) is 1. The first-order chi connectivity index (χ1) is 11.0. The van der Waals surface area contributed by atoms with Crippen LogP contribution < -0.4 is 4.74 Å². The van der Waals surface area contributed by atoms with Crippen molar-refractivity contribution in [2.45, 2.75) is 19.8 Å². The van der Waals surface area contributed by atoms with E-state index < -0.39 is 30.2 Å². The molecule has 1 fully saturated rings. The number of carbonyl (C=O) groups excluding carboxylic acids is 4. The van der Waals surface area contributed by atoms with E-state index in [0.717, 1.165) is 11.3 Å². The van der Waals surface area contributed by atoms with Crippen LogP contribution in [0.15, 0.2) is 24.3 Å². The van der Waals surface area contributed by atoms with Gasteiger partial charge in [0.15, 0.2) is 5.78 Å². The average Bonchev–Trinajstić information content (AvgIpc) is 2.76. The Bertz CT molecular complexity index is 656. The van der Waals surface area contributed by atoms with E-state index in [1.165, 1.54) is 7.11 Å². The number of carbonyl (C=O) groups is 4. The Morgan fingerprint density at radius 1 is 1.09 bits per heavy atom. The Balaban J connectivity index is 2.16. The highest BCUT2D eigenvalue weighted by molar-refractivity contribution is 6.45. The van der Waals surface area contributed by atoms with Crippen molar-refractivity contribution < 1.29 is 23.9 Å². The minimum atomic E-state index is -0.964. The van der Waals surface area contributed by atoms with Crippen LogP contribution in [0.1, 0.15) is 30.1 Å². The summed E-state index contributed by atoms with van der Waals surface area (Å²) in [6, 6.07) is 5.78. The molecule has 23 heavy (non-hydrogen) atoms. The maximum atomic E-state index is 12.3. The summed E-state index contributed by atoms with van der Waals surface area (Å²) < 4.78 is 5.09. The molecule has 0 saturated carbocycles. The van der Waals surface area contributed by atoms with Gasteiger partial charge in [0.05, 0.1) is 19.2 Å². The fourth-order valence-electron chi connectivity index (χ4n) is 2.31. The summed E-state index contributed by atoms with van der Waals surface area (Å²) in [5.41, 5.74) is 0.259. The molecule has 4 amide bonds. The van der Waals surface area contributed by atoms with E-state index >= 15 is 0 Å². The minimum absolute atomic E-state index is 0.180. The quantitative estimate of drug-likeness (QED) is 0.432. The van der Waals surface area contributed by atoms with Crippen LogP contribution >= 0.6 is 0 Å². The van der Waals surface area contributed by atoms with Gasteiger partial charge in [-0.05, 0) is 18.6 Å². The van der Waals surface area contributed by atoms with Gasteiger partial charge in [-0.1, -0.05) is 25.5 Å². The highest BCUT2D eigenvalue weighted by Crippen LogP contribution is 2.20. The van der Waals surface area contributed by atoms with Gasteiger partial charge in [0.1, 0.15) is 5.75 Å². The van der Waals surface area contributed by atoms with E-state index in [0.29, 0.717) is 17.1 Å². The highest BCUT2D eigenvalue weighted by Gasteiger charge is 2.44. The van der Waals surface area contributed by atoms with Crippen LogP contribution in [0, 0.1) is 0 Å². The molecule has 0 aliphatic carbocycles. The molecular formula is C16H18N2O5. The fourth-order valence-corrected chi connectivity index (χ4v) is 2.31. The molecule has 1 aromatic carbocycles. The van der Waals surface area contributed by atoms with Crippen molar-refractivity contribution in [1.29, 1.82) is 0 Å². The van der Waals surface area contributed by atoms with Gasteiger partial charge in [-0.25, -0.2) is 9.69 Å². The standard InChI is InChI=1S/C16H18N2O5/c1-3-4-9-17-14(20)15(21)18(16(17)22)10-12(19)11-7-5-6-8-13(11)23-2/h5-8H,3-4,9-10H2,1-2H3. The molecule has 7 nitrogen and oxygen atoms in total. The van der Waals surface area contributed by atoms with E-state index in [9.17, 15) is 19.2 Å². The number of para-hydroxylation sites is 1. The number of rotatable bonds is 7. The lowest BCUT2D eigenvalue weighted by atomic mass is 10.1. The lowest BCUT2D eigenvalue weighted by Crippen LogP contribution is -2.37. The Labute approximate surface area is 133 Å². The van der Waals surface area contributed by atoms with Gasteiger partial charge in [-0.3, -0.25) is 19.3 Å². The maximum absolute atomic E-state index is 12.3. The number of hydrogen-bond donors (Lipinski definition) is 0. The molecule has 1 saturated heterocycles. The van der Waals surface area contributed by atoms with Crippen LogP contribution in [0.25, 0.3) is 0 Å². The van der Waals surface area contributed by atoms with E-state index in [-0.39, 0.29) is 12.1 Å². The minimum Gasteiger partial charge on any atom is -0.496 e. The van der Waals surface area contributed by atoms with E-state index in [1.54, 1.807) is 24.3 Å². The molecule has 0 spiro atoms. The van der Waals surface area contributed by atoms with Gasteiger partial charge in [-0.15, -0.1) is 0 Å². The molecule has 0 atom stereocenters. The smallest absolute Gasteiger partial charge is 0.334 e. The van der Waals surface area contributed by atoms with Gasteiger partial charge in [-0.2, -0.15) is 0 Å². The summed E-state index contributed by atoms with van der Waals surface area (Å²) in [5.74, 6) is -1.95. The molecule has 1 heterocycles. The molecule has 7 heteroatoms. The number of urea groups is 1. The number of amides is 4. The van der Waals surface area contributed by atoms with E-state index in [1.807, 2.05) is 6.92 Å². The zero-order chi connectivity index (χ0) is 17.0. The molecule has 0 radical (unpaired) electrons. The predicted octanol–water partition coefficient (Wildman–Crippen LogP) is 1.47. The van der Waals surface area contributed by atoms with Gasteiger partial charge in [0.2, 0.25) is 0 Å². The van der Waals surface area contributed by atoms with Crippen molar-refractivity contribution >= 4 is 23.6 Å². The van der Waals surface area contributed by atoms with Crippen molar-refractivity contribution in [3.63, 3.8) is 0 Å². The monoisotopic (exact) mass is 318 g/mol. The summed E-state index contributed by atoms with van der Waals surface area (Å²) in [5, 5.41) is 0. The van der Waals surface area contributed by atoms with Crippen molar-refractivity contribution in [2.75, 3.05) is 20.2 Å². The van der Waals surface area contributed by atoms with Crippen LogP contribution in [0.3, 0.4) is 0 Å². The van der Waals surface area contributed by atoms with Crippen LogP contribution in [-0.2, 0) is 9.59 Å². The molecule has 1 aromatic rings. The molecule has 0 bridgehead atoms. The third-order valence-electron chi connectivity index (χ3n) is 3.58. The second kappa shape index (κ2) is 7.04. The first-order valence-corrected chi connectivity index (χ1v) is 7.34. The third-order valence-corrected chi connectivity index (χ3v) is 3.58. The Morgan fingerprint density at radius 2 is 1.74 bits per heavy atom. The largest absolute Gasteiger partial charge is 0.496 e. The molecule has 2 rings (SSSR count). The second-order valence-electron chi connectivity index (χ2n) is 5.11. The molecule has 0 unspecified atom stereocenters. The van der Waals surface area contributed by atoms with Crippen LogP contribution in [0.4, 0.5) is 4.79 Å². The number of Topliss-reactive ketones (excluding diaryl/α,β-unsaturated/α-hetero) is 1. The molecule has 122 valence electrons. The van der Waals surface area contributed by atoms with E-state index in [2.05, 4.69) is 0 Å². The third kappa shape index (κ3) is 3.23. The molecule has 0 aromatic heterocycles. The van der Waals surface area contributed by atoms with E-state index in [4.69, 9.17) is 4.74 Å². The van der Waals surface area contributed by atoms with Crippen LogP contribution in [0.2, 0.25) is 0 Å². The summed E-state index contributed by atoms with van der Waals surface area (Å²) in [4.78, 5) is 49.9. The van der Waals surface area contributed by atoms with Crippen molar-refractivity contribution in [1.82, 2.24) is 9.80 Å². The molecule has 1 aliphatic rings. The van der Waals surface area contributed by atoms with Gasteiger partial charge < -0.3 is 4.74 Å². The summed E-state index contributed by atoms with van der Waals surface area (Å²) in [7, 11) is 1.42. The highest BCUT2D eigenvalue weighted by atomic mass is 16.5. The Morgan fingerprint density at radius 3 is 2.39 bits per heavy atom. The zero-order valence-corrected chi connectivity index (χ0v) is 13.1. The number of imide groups is 2. The van der Waals surface area contributed by atoms with Gasteiger partial charge >= 0.3 is 17.8 Å². The van der Waals surface area contributed by atoms with Crippen LogP contribution in [-0.4, -0.2) is 53.6 Å². The van der Waals surface area contributed by atoms with Crippen molar-refractivity contribution in [3.8, 4) is 5.75 Å². The Kier molecular flexibility index (Phi) is 5.10. The number of ketones is 1. The number of unbranched alkanes of at least 4 members (excludes halogenated alkanes) is 1. The average molecular weight is 318 g/mol. The summed E-state index contributed by atoms with van der Waals surface area (Å²) in [6.07, 6.45) is 1.39. The second-order valence-corrected chi connectivity index (χ2v) is 5.11. The number of methoxy groups -OCH3 is 1. The molecule has 1 aliphatic heterocycles. The fraction of sp³-hybridized carbons (Fsp3) is 0.375. The van der Waals surface area contributed by atoms with Crippen LogP contribution in [0.5, 0.6) is 5.75 Å².